The van der Waals surface area contributed by atoms with E-state index in [0.717, 1.165) is 54.3 Å². The molecule has 28 heavy (non-hydrogen) atoms. The molecule has 1 aromatic carbocycles. The molecule has 0 saturated carbocycles. The van der Waals surface area contributed by atoms with Crippen LogP contribution < -0.4 is 5.32 Å². The summed E-state index contributed by atoms with van der Waals surface area (Å²) in [6, 6.07) is 11.6. The molecule has 1 aliphatic rings. The van der Waals surface area contributed by atoms with Gasteiger partial charge in [0.2, 0.25) is 0 Å². The van der Waals surface area contributed by atoms with Crippen LogP contribution in [0.5, 0.6) is 0 Å². The van der Waals surface area contributed by atoms with Gasteiger partial charge in [-0.25, -0.2) is 4.98 Å². The summed E-state index contributed by atoms with van der Waals surface area (Å²) in [5, 5.41) is 13.5. The number of nitrogens with one attached hydrogen (secondary N) is 1. The number of aromatic nitrogens is 2. The van der Waals surface area contributed by atoms with E-state index in [1.807, 2.05) is 36.4 Å². The van der Waals surface area contributed by atoms with Gasteiger partial charge in [0, 0.05) is 43.3 Å². The maximum Gasteiger partial charge on any atom is 0.267 e. The van der Waals surface area contributed by atoms with Crippen molar-refractivity contribution in [2.45, 2.75) is 25.5 Å². The Hall–Kier alpha value is -2.61. The van der Waals surface area contributed by atoms with E-state index in [4.69, 9.17) is 0 Å². The van der Waals surface area contributed by atoms with Crippen LogP contribution in [-0.4, -0.2) is 45.1 Å². The molecule has 1 aliphatic heterocycles. The van der Waals surface area contributed by atoms with Crippen molar-refractivity contribution in [1.82, 2.24) is 14.9 Å². The molecular weight excluding hydrogens is 372 g/mol. The van der Waals surface area contributed by atoms with E-state index >= 15 is 0 Å². The highest BCUT2D eigenvalue weighted by molar-refractivity contribution is 7.17. The van der Waals surface area contributed by atoms with Crippen LogP contribution in [-0.2, 0) is 6.54 Å². The van der Waals surface area contributed by atoms with Crippen LogP contribution in [0.25, 0.3) is 10.6 Å². The fourth-order valence-electron chi connectivity index (χ4n) is 3.29. The number of carbonyl (C=O) groups excluding carboxylic acids is 1. The Bertz CT molecular complexity index is 936. The lowest BCUT2D eigenvalue weighted by Crippen LogP contribution is -2.35. The number of para-hydroxylation sites is 1. The summed E-state index contributed by atoms with van der Waals surface area (Å²) in [6.45, 7) is 2.50. The number of hydrogen-bond donors (Lipinski definition) is 2. The van der Waals surface area contributed by atoms with Gasteiger partial charge >= 0.3 is 0 Å². The first kappa shape index (κ1) is 18.7. The minimum absolute atomic E-state index is 0.153. The van der Waals surface area contributed by atoms with E-state index in [1.165, 1.54) is 11.3 Å². The molecular formula is C21H22N4O2S. The number of aliphatic hydroxyl groups excluding tert-OH is 1. The minimum Gasteiger partial charge on any atom is -0.393 e. The molecule has 1 amide bonds. The first-order chi connectivity index (χ1) is 13.7. The van der Waals surface area contributed by atoms with Gasteiger partial charge in [0.05, 0.1) is 12.3 Å². The second-order valence-corrected chi connectivity index (χ2v) is 7.91. The van der Waals surface area contributed by atoms with E-state index in [2.05, 4.69) is 20.2 Å². The number of piperidine rings is 1. The van der Waals surface area contributed by atoms with Gasteiger partial charge in [-0.2, -0.15) is 0 Å². The van der Waals surface area contributed by atoms with Crippen LogP contribution in [0.3, 0.4) is 0 Å². The molecule has 7 heteroatoms. The van der Waals surface area contributed by atoms with Crippen LogP contribution in [0.4, 0.5) is 5.69 Å². The first-order valence-electron chi connectivity index (χ1n) is 9.35. The van der Waals surface area contributed by atoms with Crippen molar-refractivity contribution in [1.29, 1.82) is 0 Å². The predicted octanol–water partition coefficient (Wildman–Crippen LogP) is 3.41. The standard InChI is InChI=1S/C21H22N4O2S/c26-17-7-11-25(12-8-17)14-16-3-1-2-4-18(16)24-20(27)19-13-23-21(28-19)15-5-9-22-10-6-15/h1-6,9-10,13,17,26H,7-8,11-12,14H2,(H,24,27). The number of rotatable bonds is 5. The van der Waals surface area contributed by atoms with Gasteiger partial charge in [0.1, 0.15) is 9.88 Å². The molecule has 1 saturated heterocycles. The molecule has 0 radical (unpaired) electrons. The van der Waals surface area contributed by atoms with Crippen LogP contribution in [0, 0.1) is 0 Å². The topological polar surface area (TPSA) is 78.4 Å². The average molecular weight is 394 g/mol. The van der Waals surface area contributed by atoms with E-state index in [0.29, 0.717) is 4.88 Å². The molecule has 3 heterocycles. The van der Waals surface area contributed by atoms with Gasteiger partial charge in [0.25, 0.3) is 5.91 Å². The van der Waals surface area contributed by atoms with Crippen LogP contribution in [0.2, 0.25) is 0 Å². The fraction of sp³-hybridized carbons (Fsp3) is 0.286. The molecule has 0 aliphatic carbocycles. The Morgan fingerprint density at radius 2 is 1.93 bits per heavy atom. The van der Waals surface area contributed by atoms with Crippen LogP contribution >= 0.6 is 11.3 Å². The van der Waals surface area contributed by atoms with Crippen LogP contribution in [0.15, 0.2) is 55.0 Å². The summed E-state index contributed by atoms with van der Waals surface area (Å²) in [6.07, 6.45) is 6.45. The van der Waals surface area contributed by atoms with Crippen molar-refractivity contribution in [3.63, 3.8) is 0 Å². The number of anilines is 1. The number of hydrogen-bond acceptors (Lipinski definition) is 6. The second kappa shape index (κ2) is 8.60. The predicted molar refractivity (Wildman–Crippen MR) is 110 cm³/mol. The minimum atomic E-state index is -0.188. The molecule has 0 unspecified atom stereocenters. The van der Waals surface area contributed by atoms with Crippen LogP contribution in [0.1, 0.15) is 28.1 Å². The van der Waals surface area contributed by atoms with Gasteiger partial charge < -0.3 is 10.4 Å². The maximum atomic E-state index is 12.7. The summed E-state index contributed by atoms with van der Waals surface area (Å²) in [5.74, 6) is -0.153. The van der Waals surface area contributed by atoms with Crippen molar-refractivity contribution in [2.24, 2.45) is 0 Å². The molecule has 4 rings (SSSR count). The van der Waals surface area contributed by atoms with E-state index in [9.17, 15) is 9.90 Å². The summed E-state index contributed by atoms with van der Waals surface area (Å²) >= 11 is 1.37. The second-order valence-electron chi connectivity index (χ2n) is 6.88. The number of nitrogens with zero attached hydrogens (tertiary/aromatic N) is 3. The molecule has 1 fully saturated rings. The molecule has 0 spiro atoms. The Kier molecular flexibility index (Phi) is 5.76. The Morgan fingerprint density at radius 3 is 2.71 bits per heavy atom. The van der Waals surface area contributed by atoms with Gasteiger partial charge in [-0.3, -0.25) is 14.7 Å². The summed E-state index contributed by atoms with van der Waals surface area (Å²) in [5.41, 5.74) is 2.84. The third-order valence-electron chi connectivity index (χ3n) is 4.87. The number of pyridine rings is 1. The Morgan fingerprint density at radius 1 is 1.18 bits per heavy atom. The number of likely N-dealkylation sites (tertiary alicyclic amines) is 1. The fourth-order valence-corrected chi connectivity index (χ4v) is 4.11. The molecule has 3 aromatic rings. The van der Waals surface area contributed by atoms with Gasteiger partial charge in [0.15, 0.2) is 0 Å². The van der Waals surface area contributed by atoms with Gasteiger partial charge in [-0.1, -0.05) is 18.2 Å². The first-order valence-corrected chi connectivity index (χ1v) is 10.2. The quantitative estimate of drug-likeness (QED) is 0.693. The van der Waals surface area contributed by atoms with Crippen molar-refractivity contribution in [3.05, 3.63) is 65.4 Å². The zero-order valence-electron chi connectivity index (χ0n) is 15.4. The summed E-state index contributed by atoms with van der Waals surface area (Å²) < 4.78 is 0. The molecule has 144 valence electrons. The molecule has 2 aromatic heterocycles. The highest BCUT2D eigenvalue weighted by Gasteiger charge is 2.19. The molecule has 6 nitrogen and oxygen atoms in total. The number of carbonyl (C=O) groups is 1. The lowest BCUT2D eigenvalue weighted by Gasteiger charge is -2.30. The maximum absolute atomic E-state index is 12.7. The lowest BCUT2D eigenvalue weighted by atomic mass is 10.1. The molecule has 0 bridgehead atoms. The lowest BCUT2D eigenvalue weighted by molar-refractivity contribution is 0.0793. The number of benzene rings is 1. The number of thiazole rings is 1. The van der Waals surface area contributed by atoms with Crippen molar-refractivity contribution in [3.8, 4) is 10.6 Å². The van der Waals surface area contributed by atoms with E-state index in [1.54, 1.807) is 18.6 Å². The largest absolute Gasteiger partial charge is 0.393 e. The highest BCUT2D eigenvalue weighted by Crippen LogP contribution is 2.26. The number of aliphatic hydroxyl groups is 1. The molecule has 2 N–H and O–H groups in total. The normalized spacial score (nSPS) is 15.5. The van der Waals surface area contributed by atoms with Crippen molar-refractivity contribution < 1.29 is 9.90 Å². The zero-order valence-corrected chi connectivity index (χ0v) is 16.2. The Labute approximate surface area is 167 Å². The smallest absolute Gasteiger partial charge is 0.267 e. The third kappa shape index (κ3) is 4.44. The zero-order chi connectivity index (χ0) is 19.3. The monoisotopic (exact) mass is 394 g/mol. The average Bonchev–Trinajstić information content (AvgIpc) is 3.22. The van der Waals surface area contributed by atoms with Gasteiger partial charge in [-0.05, 0) is 36.6 Å². The SMILES string of the molecule is O=C(Nc1ccccc1CN1CCC(O)CC1)c1cnc(-c2ccncc2)s1. The van der Waals surface area contributed by atoms with E-state index in [-0.39, 0.29) is 12.0 Å². The van der Waals surface area contributed by atoms with Crippen molar-refractivity contribution in [2.75, 3.05) is 18.4 Å². The van der Waals surface area contributed by atoms with E-state index < -0.39 is 0 Å². The molecule has 0 atom stereocenters. The van der Waals surface area contributed by atoms with Gasteiger partial charge in [-0.15, -0.1) is 11.3 Å². The highest BCUT2D eigenvalue weighted by atomic mass is 32.1. The number of amides is 1. The summed E-state index contributed by atoms with van der Waals surface area (Å²) in [7, 11) is 0. The van der Waals surface area contributed by atoms with Crippen molar-refractivity contribution >= 4 is 22.9 Å². The summed E-state index contributed by atoms with van der Waals surface area (Å²) in [4.78, 5) is 24.0. The third-order valence-corrected chi connectivity index (χ3v) is 5.92. The Balaban J connectivity index is 1.46.